The number of aryl methyl sites for hydroxylation is 1. The Morgan fingerprint density at radius 2 is 2.10 bits per heavy atom. The molecule has 1 aliphatic heterocycles. The average Bonchev–Trinajstić information content (AvgIpc) is 3.08. The van der Waals surface area contributed by atoms with Gasteiger partial charge in [-0.25, -0.2) is 0 Å². The van der Waals surface area contributed by atoms with E-state index in [1.54, 1.807) is 0 Å². The van der Waals surface area contributed by atoms with Crippen molar-refractivity contribution >= 4 is 17.7 Å². The minimum atomic E-state index is -0.820. The number of carbonyl (C=O) groups is 1. The van der Waals surface area contributed by atoms with Crippen LogP contribution in [0.5, 0.6) is 0 Å². The number of carboxylic acid groups (broad SMARTS) is 1. The summed E-state index contributed by atoms with van der Waals surface area (Å²) >= 11 is 1.26. The van der Waals surface area contributed by atoms with Crippen molar-refractivity contribution in [3.63, 3.8) is 0 Å². The molecule has 118 valence electrons. The van der Waals surface area contributed by atoms with Gasteiger partial charge in [-0.05, 0) is 39.3 Å². The van der Waals surface area contributed by atoms with Crippen molar-refractivity contribution < 1.29 is 9.90 Å². The van der Waals surface area contributed by atoms with Crippen LogP contribution >= 0.6 is 11.8 Å². The Bertz CT molecular complexity index is 472. The summed E-state index contributed by atoms with van der Waals surface area (Å²) in [6, 6.07) is 0.434. The normalized spacial score (nSPS) is 17.2. The molecule has 1 aliphatic rings. The molecule has 0 aromatic carbocycles. The maximum Gasteiger partial charge on any atom is 0.313 e. The summed E-state index contributed by atoms with van der Waals surface area (Å²) in [4.78, 5) is 13.2. The summed E-state index contributed by atoms with van der Waals surface area (Å²) in [5, 5.41) is 18.0. The maximum absolute atomic E-state index is 10.8. The highest BCUT2D eigenvalue weighted by Crippen LogP contribution is 2.20. The lowest BCUT2D eigenvalue weighted by atomic mass is 10.2. The van der Waals surface area contributed by atoms with Crippen molar-refractivity contribution in [2.75, 3.05) is 18.8 Å². The zero-order valence-corrected chi connectivity index (χ0v) is 13.6. The van der Waals surface area contributed by atoms with Crippen LogP contribution in [-0.4, -0.2) is 55.6 Å². The number of likely N-dealkylation sites (tertiary alicyclic amines) is 1. The third-order valence-electron chi connectivity index (χ3n) is 3.80. The first-order valence-electron chi connectivity index (χ1n) is 7.62. The van der Waals surface area contributed by atoms with Gasteiger partial charge in [-0.3, -0.25) is 9.69 Å². The van der Waals surface area contributed by atoms with E-state index in [2.05, 4.69) is 33.5 Å². The van der Waals surface area contributed by atoms with Crippen molar-refractivity contribution in [1.82, 2.24) is 19.7 Å². The average molecular weight is 312 g/mol. The lowest BCUT2D eigenvalue weighted by molar-refractivity contribution is -0.133. The number of thioether (sulfide) groups is 1. The Morgan fingerprint density at radius 1 is 1.38 bits per heavy atom. The third kappa shape index (κ3) is 4.44. The quantitative estimate of drug-likeness (QED) is 0.739. The van der Waals surface area contributed by atoms with E-state index >= 15 is 0 Å². The van der Waals surface area contributed by atoms with Crippen LogP contribution in [0.15, 0.2) is 5.16 Å². The van der Waals surface area contributed by atoms with Crippen molar-refractivity contribution in [2.24, 2.45) is 0 Å². The third-order valence-corrected chi connectivity index (χ3v) is 4.75. The molecule has 1 fully saturated rings. The standard InChI is InChI=1S/C14H24N4O2S/c1-3-6-12-15-16-14(21-10-13(19)20)18(12)9-11(2)17-7-4-5-8-17/h11H,3-10H2,1-2H3,(H,19,20). The SMILES string of the molecule is CCCc1nnc(SCC(=O)O)n1CC(C)N1CCCC1. The fourth-order valence-electron chi connectivity index (χ4n) is 2.71. The number of aliphatic carboxylic acids is 1. The fourth-order valence-corrected chi connectivity index (χ4v) is 3.39. The highest BCUT2D eigenvalue weighted by Gasteiger charge is 2.21. The molecule has 6 nitrogen and oxygen atoms in total. The molecule has 1 unspecified atom stereocenters. The van der Waals surface area contributed by atoms with Crippen molar-refractivity contribution in [1.29, 1.82) is 0 Å². The van der Waals surface area contributed by atoms with E-state index in [9.17, 15) is 4.79 Å². The van der Waals surface area contributed by atoms with Gasteiger partial charge in [0.2, 0.25) is 0 Å². The maximum atomic E-state index is 10.8. The number of carboxylic acids is 1. The summed E-state index contributed by atoms with van der Waals surface area (Å²) in [5.41, 5.74) is 0. The minimum Gasteiger partial charge on any atom is -0.481 e. The Labute approximate surface area is 129 Å². The Hall–Kier alpha value is -1.08. The number of rotatable bonds is 8. The summed E-state index contributed by atoms with van der Waals surface area (Å²) < 4.78 is 2.11. The largest absolute Gasteiger partial charge is 0.481 e. The van der Waals surface area contributed by atoms with Crippen molar-refractivity contribution in [2.45, 2.75) is 57.3 Å². The zero-order chi connectivity index (χ0) is 15.2. The fraction of sp³-hybridized carbons (Fsp3) is 0.786. The van der Waals surface area contributed by atoms with Crippen LogP contribution in [0.3, 0.4) is 0 Å². The summed E-state index contributed by atoms with van der Waals surface area (Å²) in [6.45, 7) is 7.50. The van der Waals surface area contributed by atoms with Crippen LogP contribution < -0.4 is 0 Å². The molecule has 1 atom stereocenters. The van der Waals surface area contributed by atoms with Gasteiger partial charge in [-0.1, -0.05) is 18.7 Å². The summed E-state index contributed by atoms with van der Waals surface area (Å²) in [7, 11) is 0. The first kappa shape index (κ1) is 16.3. The van der Waals surface area contributed by atoms with Crippen LogP contribution in [0, 0.1) is 0 Å². The second-order valence-electron chi connectivity index (χ2n) is 5.53. The molecule has 1 N–H and O–H groups in total. The van der Waals surface area contributed by atoms with E-state index in [4.69, 9.17) is 5.11 Å². The van der Waals surface area contributed by atoms with Crippen LogP contribution in [0.1, 0.15) is 38.9 Å². The molecule has 2 heterocycles. The highest BCUT2D eigenvalue weighted by molar-refractivity contribution is 7.99. The predicted octanol–water partition coefficient (Wildman–Crippen LogP) is 1.89. The number of hydrogen-bond acceptors (Lipinski definition) is 5. The molecule has 0 aliphatic carbocycles. The summed E-state index contributed by atoms with van der Waals surface area (Å²) in [5.74, 6) is 0.179. The van der Waals surface area contributed by atoms with E-state index in [0.29, 0.717) is 6.04 Å². The smallest absolute Gasteiger partial charge is 0.313 e. The van der Waals surface area contributed by atoms with E-state index in [1.807, 2.05) is 0 Å². The van der Waals surface area contributed by atoms with Crippen LogP contribution in [0.2, 0.25) is 0 Å². The molecule has 7 heteroatoms. The molecule has 0 radical (unpaired) electrons. The second kappa shape index (κ2) is 7.79. The molecule has 0 spiro atoms. The molecule has 0 saturated carbocycles. The zero-order valence-electron chi connectivity index (χ0n) is 12.8. The predicted molar refractivity (Wildman–Crippen MR) is 82.6 cm³/mol. The Morgan fingerprint density at radius 3 is 2.71 bits per heavy atom. The topological polar surface area (TPSA) is 71.2 Å². The molecule has 21 heavy (non-hydrogen) atoms. The van der Waals surface area contributed by atoms with Gasteiger partial charge in [0.05, 0.1) is 5.75 Å². The first-order chi connectivity index (χ1) is 10.1. The molecule has 1 aromatic rings. The van der Waals surface area contributed by atoms with Gasteiger partial charge in [-0.2, -0.15) is 0 Å². The van der Waals surface area contributed by atoms with Gasteiger partial charge >= 0.3 is 5.97 Å². The lowest BCUT2D eigenvalue weighted by Crippen LogP contribution is -2.34. The van der Waals surface area contributed by atoms with E-state index in [1.165, 1.54) is 24.6 Å². The van der Waals surface area contributed by atoms with Gasteiger partial charge in [0.15, 0.2) is 5.16 Å². The van der Waals surface area contributed by atoms with Crippen LogP contribution in [0.25, 0.3) is 0 Å². The van der Waals surface area contributed by atoms with E-state index < -0.39 is 5.97 Å². The number of hydrogen-bond donors (Lipinski definition) is 1. The Kier molecular flexibility index (Phi) is 6.05. The van der Waals surface area contributed by atoms with Gasteiger partial charge in [0.1, 0.15) is 5.82 Å². The molecule has 0 amide bonds. The Balaban J connectivity index is 2.09. The monoisotopic (exact) mass is 312 g/mol. The number of aromatic nitrogens is 3. The van der Waals surface area contributed by atoms with Crippen molar-refractivity contribution in [3.05, 3.63) is 5.82 Å². The molecular formula is C14H24N4O2S. The van der Waals surface area contributed by atoms with E-state index in [0.717, 1.165) is 43.5 Å². The molecule has 0 bridgehead atoms. The summed E-state index contributed by atoms with van der Waals surface area (Å²) in [6.07, 6.45) is 4.44. The molecule has 1 saturated heterocycles. The second-order valence-corrected chi connectivity index (χ2v) is 6.48. The first-order valence-corrected chi connectivity index (χ1v) is 8.61. The van der Waals surface area contributed by atoms with Crippen molar-refractivity contribution in [3.8, 4) is 0 Å². The molecule has 2 rings (SSSR count). The minimum absolute atomic E-state index is 0.0301. The van der Waals surface area contributed by atoms with E-state index in [-0.39, 0.29) is 5.75 Å². The van der Waals surface area contributed by atoms with Gasteiger partial charge in [-0.15, -0.1) is 10.2 Å². The van der Waals surface area contributed by atoms with Gasteiger partial charge < -0.3 is 9.67 Å². The van der Waals surface area contributed by atoms with Crippen LogP contribution in [-0.2, 0) is 17.8 Å². The lowest BCUT2D eigenvalue weighted by Gasteiger charge is -2.25. The highest BCUT2D eigenvalue weighted by atomic mass is 32.2. The van der Waals surface area contributed by atoms with Gasteiger partial charge in [0.25, 0.3) is 0 Å². The van der Waals surface area contributed by atoms with Gasteiger partial charge in [0, 0.05) is 19.0 Å². The molecule has 1 aromatic heterocycles. The molecular weight excluding hydrogens is 288 g/mol. The number of nitrogens with zero attached hydrogens (tertiary/aromatic N) is 4. The van der Waals surface area contributed by atoms with Crippen LogP contribution in [0.4, 0.5) is 0 Å².